The summed E-state index contributed by atoms with van der Waals surface area (Å²) in [6, 6.07) is 9.67. The van der Waals surface area contributed by atoms with E-state index in [2.05, 4.69) is 0 Å². The topological polar surface area (TPSA) is 61.8 Å². The normalized spacial score (nSPS) is 29.5. The number of ketones is 1. The van der Waals surface area contributed by atoms with Gasteiger partial charge >= 0.3 is 5.97 Å². The molecule has 0 amide bonds. The van der Waals surface area contributed by atoms with E-state index in [-0.39, 0.29) is 11.9 Å². The number of hydrogen-bond acceptors (Lipinski definition) is 5. The van der Waals surface area contributed by atoms with Gasteiger partial charge in [0.25, 0.3) is 0 Å². The third kappa shape index (κ3) is 3.67. The van der Waals surface area contributed by atoms with E-state index in [0.29, 0.717) is 0 Å². The Balaban J connectivity index is 1.75. The lowest BCUT2D eigenvalue weighted by Crippen LogP contribution is -2.54. The summed E-state index contributed by atoms with van der Waals surface area (Å²) in [7, 11) is 0. The molecule has 0 aromatic heterocycles. The van der Waals surface area contributed by atoms with Crippen LogP contribution in [-0.4, -0.2) is 36.2 Å². The molecule has 0 unspecified atom stereocenters. The van der Waals surface area contributed by atoms with Crippen molar-refractivity contribution in [2.45, 2.75) is 58.2 Å². The van der Waals surface area contributed by atoms with Crippen LogP contribution in [0, 0.1) is 5.41 Å². The summed E-state index contributed by atoms with van der Waals surface area (Å²) < 4.78 is 17.3. The summed E-state index contributed by atoms with van der Waals surface area (Å²) >= 11 is 0. The maximum atomic E-state index is 12.9. The zero-order valence-corrected chi connectivity index (χ0v) is 15.0. The van der Waals surface area contributed by atoms with E-state index in [4.69, 9.17) is 14.2 Å². The van der Waals surface area contributed by atoms with E-state index < -0.39 is 35.8 Å². The predicted octanol–water partition coefficient (Wildman–Crippen LogP) is 3.00. The third-order valence-electron chi connectivity index (χ3n) is 4.43. The number of carbonyl (C=O) groups excluding carboxylic acids is 2. The average molecular weight is 344 g/mol. The summed E-state index contributed by atoms with van der Waals surface area (Å²) in [4.78, 5) is 25.1. The van der Waals surface area contributed by atoms with E-state index >= 15 is 0 Å². The van der Waals surface area contributed by atoms with E-state index in [9.17, 15) is 9.59 Å². The minimum atomic E-state index is -0.963. The van der Waals surface area contributed by atoms with Crippen LogP contribution < -0.4 is 0 Å². The number of benzene rings is 1. The van der Waals surface area contributed by atoms with Crippen LogP contribution in [0.1, 0.15) is 39.4 Å². The minimum absolute atomic E-state index is 0.244. The Kier molecular flexibility index (Phi) is 4.80. The van der Waals surface area contributed by atoms with Crippen molar-refractivity contribution in [2.75, 3.05) is 0 Å². The van der Waals surface area contributed by atoms with Crippen LogP contribution in [0.25, 0.3) is 0 Å². The second-order valence-corrected chi connectivity index (χ2v) is 7.54. The number of rotatable bonds is 4. The first-order chi connectivity index (χ1) is 11.8. The molecule has 0 N–H and O–H groups in total. The van der Waals surface area contributed by atoms with Gasteiger partial charge in [-0.1, -0.05) is 42.5 Å². The van der Waals surface area contributed by atoms with Crippen molar-refractivity contribution < 1.29 is 23.8 Å². The van der Waals surface area contributed by atoms with Gasteiger partial charge in [0.2, 0.25) is 5.78 Å². The molecule has 1 aromatic rings. The van der Waals surface area contributed by atoms with Gasteiger partial charge in [0.05, 0.1) is 11.5 Å². The molecule has 1 aromatic carbocycles. The van der Waals surface area contributed by atoms with Gasteiger partial charge in [-0.15, -0.1) is 0 Å². The molecule has 5 atom stereocenters. The molecule has 1 saturated heterocycles. The van der Waals surface area contributed by atoms with Crippen molar-refractivity contribution in [3.05, 3.63) is 48.0 Å². The molecule has 0 spiro atoms. The first kappa shape index (κ1) is 17.8. The van der Waals surface area contributed by atoms with Gasteiger partial charge in [0.1, 0.15) is 12.2 Å². The van der Waals surface area contributed by atoms with Crippen LogP contribution >= 0.6 is 0 Å². The van der Waals surface area contributed by atoms with Gasteiger partial charge in [-0.2, -0.15) is 0 Å². The van der Waals surface area contributed by atoms with Crippen molar-refractivity contribution in [1.29, 1.82) is 0 Å². The highest BCUT2D eigenvalue weighted by atomic mass is 16.6. The maximum absolute atomic E-state index is 12.9. The fourth-order valence-electron chi connectivity index (χ4n) is 2.91. The predicted molar refractivity (Wildman–Crippen MR) is 91.9 cm³/mol. The highest BCUT2D eigenvalue weighted by Gasteiger charge is 2.50. The Morgan fingerprint density at radius 3 is 2.28 bits per heavy atom. The lowest BCUT2D eigenvalue weighted by Gasteiger charge is -2.36. The van der Waals surface area contributed by atoms with Crippen LogP contribution in [0.15, 0.2) is 42.5 Å². The number of hydrogen-bond donors (Lipinski definition) is 0. The lowest BCUT2D eigenvalue weighted by molar-refractivity contribution is -0.193. The number of esters is 1. The lowest BCUT2D eigenvalue weighted by atomic mass is 9.96. The highest BCUT2D eigenvalue weighted by molar-refractivity contribution is 5.92. The van der Waals surface area contributed by atoms with Crippen molar-refractivity contribution >= 4 is 11.8 Å². The van der Waals surface area contributed by atoms with Crippen LogP contribution in [0.5, 0.6) is 0 Å². The number of carbonyl (C=O) groups is 2. The van der Waals surface area contributed by atoms with Crippen LogP contribution in [-0.2, 0) is 23.8 Å². The summed E-state index contributed by atoms with van der Waals surface area (Å²) in [5, 5.41) is 0. The Labute approximate surface area is 148 Å². The van der Waals surface area contributed by atoms with E-state index in [1.807, 2.05) is 43.3 Å². The fraction of sp³-hybridized carbons (Fsp3) is 0.500. The molecule has 0 saturated carbocycles. The summed E-state index contributed by atoms with van der Waals surface area (Å²) in [6.45, 7) is 7.15. The molecule has 2 aliphatic rings. The second kappa shape index (κ2) is 6.73. The molecule has 0 radical (unpaired) electrons. The first-order valence-corrected chi connectivity index (χ1v) is 8.56. The monoisotopic (exact) mass is 344 g/mol. The molecule has 5 heteroatoms. The fourth-order valence-corrected chi connectivity index (χ4v) is 2.91. The summed E-state index contributed by atoms with van der Waals surface area (Å²) in [5.41, 5.74) is 0.287. The van der Waals surface area contributed by atoms with Crippen molar-refractivity contribution in [2.24, 2.45) is 5.41 Å². The Morgan fingerprint density at radius 2 is 1.68 bits per heavy atom. The standard InChI is InChI=1S/C20H24O5/c1-12(13-8-6-5-7-9-13)23-17-14-10-11-15(24-14)18(16(17)21)25-19(22)20(2,3)4/h5-12,14-15,17-18H,1-4H3/t12-,14+,15-,17-,18+/m0/s1. The molecule has 134 valence electrons. The van der Waals surface area contributed by atoms with Gasteiger partial charge in [0.15, 0.2) is 12.2 Å². The molecule has 2 aliphatic heterocycles. The van der Waals surface area contributed by atoms with E-state index in [0.717, 1.165) is 5.56 Å². The van der Waals surface area contributed by atoms with Gasteiger partial charge in [-0.05, 0) is 33.3 Å². The molecule has 1 fully saturated rings. The molecule has 2 heterocycles. The number of fused-ring (bicyclic) bond motifs is 2. The Morgan fingerprint density at radius 1 is 1.08 bits per heavy atom. The quantitative estimate of drug-likeness (QED) is 0.621. The number of ether oxygens (including phenoxy) is 3. The van der Waals surface area contributed by atoms with Crippen molar-refractivity contribution in [3.8, 4) is 0 Å². The molecule has 25 heavy (non-hydrogen) atoms. The van der Waals surface area contributed by atoms with Gasteiger partial charge < -0.3 is 14.2 Å². The zero-order chi connectivity index (χ0) is 18.2. The van der Waals surface area contributed by atoms with Crippen LogP contribution in [0.4, 0.5) is 0 Å². The highest BCUT2D eigenvalue weighted by Crippen LogP contribution is 2.33. The number of Topliss-reactive ketones (excluding diaryl/α,β-unsaturated/α-hetero) is 1. The van der Waals surface area contributed by atoms with Crippen LogP contribution in [0.2, 0.25) is 0 Å². The first-order valence-electron chi connectivity index (χ1n) is 8.56. The van der Waals surface area contributed by atoms with Gasteiger partial charge in [-0.3, -0.25) is 9.59 Å². The zero-order valence-electron chi connectivity index (χ0n) is 15.0. The van der Waals surface area contributed by atoms with Crippen molar-refractivity contribution in [1.82, 2.24) is 0 Å². The van der Waals surface area contributed by atoms with Crippen molar-refractivity contribution in [3.63, 3.8) is 0 Å². The summed E-state index contributed by atoms with van der Waals surface area (Å²) in [5.74, 6) is -0.672. The maximum Gasteiger partial charge on any atom is 0.312 e. The molecule has 3 rings (SSSR count). The SMILES string of the molecule is C[C@H](O[C@@H]1C(=O)[C@H](OC(=O)C(C)(C)C)[C@@H]2C=C[C@H]1O2)c1ccccc1. The molecule has 0 aliphatic carbocycles. The van der Waals surface area contributed by atoms with Gasteiger partial charge in [0, 0.05) is 0 Å². The Bertz CT molecular complexity index is 673. The minimum Gasteiger partial charge on any atom is -0.451 e. The van der Waals surface area contributed by atoms with E-state index in [1.165, 1.54) is 0 Å². The molecule has 2 bridgehead atoms. The molecule has 5 nitrogen and oxygen atoms in total. The smallest absolute Gasteiger partial charge is 0.312 e. The largest absolute Gasteiger partial charge is 0.451 e. The average Bonchev–Trinajstić information content (AvgIpc) is 3.01. The van der Waals surface area contributed by atoms with E-state index in [1.54, 1.807) is 26.8 Å². The van der Waals surface area contributed by atoms with Crippen LogP contribution in [0.3, 0.4) is 0 Å². The Hall–Kier alpha value is -1.98. The third-order valence-corrected chi connectivity index (χ3v) is 4.43. The summed E-state index contributed by atoms with van der Waals surface area (Å²) in [6.07, 6.45) is 0.597. The molecular weight excluding hydrogens is 320 g/mol. The second-order valence-electron chi connectivity index (χ2n) is 7.54. The molecular formula is C20H24O5. The van der Waals surface area contributed by atoms with Gasteiger partial charge in [-0.25, -0.2) is 0 Å².